The number of nitrogens with zero attached hydrogens (tertiary/aromatic N) is 1. The molecule has 0 amide bonds. The molecule has 0 aliphatic carbocycles. The van der Waals surface area contributed by atoms with Gasteiger partial charge in [-0.15, -0.1) is 0 Å². The maximum Gasteiger partial charge on any atom is 0.314 e. The Morgan fingerprint density at radius 1 is 1.21 bits per heavy atom. The molecular formula is C13H11FN2O3. The summed E-state index contributed by atoms with van der Waals surface area (Å²) in [7, 11) is 0. The lowest BCUT2D eigenvalue weighted by atomic mass is 10.2. The van der Waals surface area contributed by atoms with Crippen LogP contribution < -0.4 is 10.5 Å². The maximum absolute atomic E-state index is 13.0. The van der Waals surface area contributed by atoms with Crippen molar-refractivity contribution in [1.82, 2.24) is 0 Å². The first-order valence-electron chi connectivity index (χ1n) is 5.45. The summed E-state index contributed by atoms with van der Waals surface area (Å²) in [6.07, 6.45) is 0. The second kappa shape index (κ2) is 4.93. The summed E-state index contributed by atoms with van der Waals surface area (Å²) >= 11 is 0. The molecule has 0 aliphatic rings. The van der Waals surface area contributed by atoms with Crippen LogP contribution in [0.15, 0.2) is 36.4 Å². The SMILES string of the molecule is Cc1cc(N)ccc1Oc1ccc(F)cc1[N+](=O)[O-]. The van der Waals surface area contributed by atoms with Crippen molar-refractivity contribution in [3.63, 3.8) is 0 Å². The van der Waals surface area contributed by atoms with Gasteiger partial charge in [-0.05, 0) is 42.8 Å². The summed E-state index contributed by atoms with van der Waals surface area (Å²) < 4.78 is 18.4. The second-order valence-electron chi connectivity index (χ2n) is 4.00. The predicted octanol–water partition coefficient (Wildman–Crippen LogP) is 3.42. The highest BCUT2D eigenvalue weighted by molar-refractivity contribution is 5.52. The number of rotatable bonds is 3. The van der Waals surface area contributed by atoms with E-state index in [-0.39, 0.29) is 5.75 Å². The molecule has 2 aromatic rings. The van der Waals surface area contributed by atoms with E-state index >= 15 is 0 Å². The van der Waals surface area contributed by atoms with E-state index in [0.29, 0.717) is 11.4 Å². The molecule has 5 nitrogen and oxygen atoms in total. The van der Waals surface area contributed by atoms with Gasteiger partial charge in [0.15, 0.2) is 0 Å². The van der Waals surface area contributed by atoms with Gasteiger partial charge in [0.2, 0.25) is 5.75 Å². The van der Waals surface area contributed by atoms with Gasteiger partial charge < -0.3 is 10.5 Å². The normalized spacial score (nSPS) is 10.2. The molecule has 2 aromatic carbocycles. The lowest BCUT2D eigenvalue weighted by molar-refractivity contribution is -0.385. The first-order valence-corrected chi connectivity index (χ1v) is 5.45. The van der Waals surface area contributed by atoms with Crippen molar-refractivity contribution in [2.24, 2.45) is 0 Å². The zero-order valence-electron chi connectivity index (χ0n) is 10.1. The zero-order valence-corrected chi connectivity index (χ0v) is 10.1. The molecule has 2 N–H and O–H groups in total. The molecule has 0 saturated heterocycles. The monoisotopic (exact) mass is 262 g/mol. The number of anilines is 1. The van der Waals surface area contributed by atoms with Gasteiger partial charge in [-0.1, -0.05) is 0 Å². The van der Waals surface area contributed by atoms with Crippen molar-refractivity contribution < 1.29 is 14.1 Å². The first kappa shape index (κ1) is 12.8. The molecular weight excluding hydrogens is 251 g/mol. The number of nitro benzene ring substituents is 1. The summed E-state index contributed by atoms with van der Waals surface area (Å²) in [5, 5.41) is 10.8. The molecule has 2 rings (SSSR count). The Balaban J connectivity index is 2.40. The minimum atomic E-state index is -0.689. The number of hydrogen-bond donors (Lipinski definition) is 1. The highest BCUT2D eigenvalue weighted by Crippen LogP contribution is 2.33. The van der Waals surface area contributed by atoms with Crippen molar-refractivity contribution in [3.05, 3.63) is 57.9 Å². The van der Waals surface area contributed by atoms with Crippen LogP contribution in [0, 0.1) is 22.9 Å². The van der Waals surface area contributed by atoms with Crippen molar-refractivity contribution in [2.75, 3.05) is 5.73 Å². The van der Waals surface area contributed by atoms with Gasteiger partial charge in [-0.3, -0.25) is 10.1 Å². The standard InChI is InChI=1S/C13H11FN2O3/c1-8-6-10(15)3-5-12(8)19-13-4-2-9(14)7-11(13)16(17)18/h2-7H,15H2,1H3. The second-order valence-corrected chi connectivity index (χ2v) is 4.00. The van der Waals surface area contributed by atoms with Gasteiger partial charge in [0, 0.05) is 5.69 Å². The summed E-state index contributed by atoms with van der Waals surface area (Å²) in [6.45, 7) is 1.76. The number of halogens is 1. The molecule has 0 aliphatic heterocycles. The summed E-state index contributed by atoms with van der Waals surface area (Å²) in [6, 6.07) is 8.07. The minimum Gasteiger partial charge on any atom is -0.450 e. The Kier molecular flexibility index (Phi) is 3.33. The van der Waals surface area contributed by atoms with Crippen LogP contribution in [0.1, 0.15) is 5.56 Å². The van der Waals surface area contributed by atoms with Crippen LogP contribution in [-0.2, 0) is 0 Å². The van der Waals surface area contributed by atoms with E-state index in [1.165, 1.54) is 6.07 Å². The summed E-state index contributed by atoms with van der Waals surface area (Å²) in [5.74, 6) is -0.267. The third-order valence-electron chi connectivity index (χ3n) is 2.54. The van der Waals surface area contributed by atoms with Crippen molar-refractivity contribution in [1.29, 1.82) is 0 Å². The topological polar surface area (TPSA) is 78.4 Å². The summed E-state index contributed by atoms with van der Waals surface area (Å²) in [4.78, 5) is 10.2. The molecule has 0 radical (unpaired) electrons. The molecule has 0 aromatic heterocycles. The average molecular weight is 262 g/mol. The highest BCUT2D eigenvalue weighted by atomic mass is 19.1. The van der Waals surface area contributed by atoms with Gasteiger partial charge in [-0.2, -0.15) is 0 Å². The molecule has 0 unspecified atom stereocenters. The molecule has 0 fully saturated rings. The lowest BCUT2D eigenvalue weighted by Crippen LogP contribution is -1.96. The van der Waals surface area contributed by atoms with Crippen LogP contribution >= 0.6 is 0 Å². The Bertz CT molecular complexity index is 644. The zero-order chi connectivity index (χ0) is 14.0. The van der Waals surface area contributed by atoms with Crippen LogP contribution in [0.3, 0.4) is 0 Å². The Morgan fingerprint density at radius 3 is 2.53 bits per heavy atom. The molecule has 19 heavy (non-hydrogen) atoms. The van der Waals surface area contributed by atoms with Gasteiger partial charge in [0.1, 0.15) is 11.6 Å². The van der Waals surface area contributed by atoms with E-state index in [0.717, 1.165) is 17.7 Å². The van der Waals surface area contributed by atoms with Crippen molar-refractivity contribution in [3.8, 4) is 11.5 Å². The molecule has 0 heterocycles. The van der Waals surface area contributed by atoms with Crippen LogP contribution in [0.5, 0.6) is 11.5 Å². The number of hydrogen-bond acceptors (Lipinski definition) is 4. The fourth-order valence-electron chi connectivity index (χ4n) is 1.63. The fraction of sp³-hybridized carbons (Fsp3) is 0.0769. The van der Waals surface area contributed by atoms with Crippen LogP contribution in [0.25, 0.3) is 0 Å². The molecule has 6 heteroatoms. The number of aryl methyl sites for hydroxylation is 1. The Hall–Kier alpha value is -2.63. The number of nitrogens with two attached hydrogens (primary N) is 1. The quantitative estimate of drug-likeness (QED) is 0.522. The van der Waals surface area contributed by atoms with E-state index in [1.807, 2.05) is 0 Å². The predicted molar refractivity (Wildman–Crippen MR) is 68.7 cm³/mol. The van der Waals surface area contributed by atoms with Gasteiger partial charge in [0.05, 0.1) is 11.0 Å². The fourth-order valence-corrected chi connectivity index (χ4v) is 1.63. The maximum atomic E-state index is 13.0. The van der Waals surface area contributed by atoms with Crippen molar-refractivity contribution in [2.45, 2.75) is 6.92 Å². The van der Waals surface area contributed by atoms with E-state index < -0.39 is 16.4 Å². The molecule has 0 atom stereocenters. The largest absolute Gasteiger partial charge is 0.450 e. The minimum absolute atomic E-state index is 0.0146. The first-order chi connectivity index (χ1) is 8.97. The number of ether oxygens (including phenoxy) is 1. The average Bonchev–Trinajstić information content (AvgIpc) is 2.34. The van der Waals surface area contributed by atoms with Gasteiger partial charge in [-0.25, -0.2) is 4.39 Å². The van der Waals surface area contributed by atoms with E-state index in [9.17, 15) is 14.5 Å². The highest BCUT2D eigenvalue weighted by Gasteiger charge is 2.17. The van der Waals surface area contributed by atoms with Gasteiger partial charge in [0.25, 0.3) is 0 Å². The number of nitrogen functional groups attached to an aromatic ring is 1. The third-order valence-corrected chi connectivity index (χ3v) is 2.54. The number of benzene rings is 2. The summed E-state index contributed by atoms with van der Waals surface area (Å²) in [5.41, 5.74) is 6.49. The smallest absolute Gasteiger partial charge is 0.314 e. The van der Waals surface area contributed by atoms with Crippen LogP contribution in [-0.4, -0.2) is 4.92 Å². The van der Waals surface area contributed by atoms with E-state index in [1.54, 1.807) is 25.1 Å². The molecule has 0 saturated carbocycles. The van der Waals surface area contributed by atoms with E-state index in [4.69, 9.17) is 10.5 Å². The van der Waals surface area contributed by atoms with Gasteiger partial charge >= 0.3 is 5.69 Å². The molecule has 0 bridgehead atoms. The number of nitro groups is 1. The van der Waals surface area contributed by atoms with Crippen LogP contribution in [0.4, 0.5) is 15.8 Å². The van der Waals surface area contributed by atoms with Crippen LogP contribution in [0.2, 0.25) is 0 Å². The Labute approximate surface area is 108 Å². The lowest BCUT2D eigenvalue weighted by Gasteiger charge is -2.09. The Morgan fingerprint density at radius 2 is 1.89 bits per heavy atom. The molecule has 98 valence electrons. The van der Waals surface area contributed by atoms with E-state index in [2.05, 4.69) is 0 Å². The third kappa shape index (κ3) is 2.79. The van der Waals surface area contributed by atoms with Crippen molar-refractivity contribution >= 4 is 11.4 Å². The molecule has 0 spiro atoms.